The molecule has 1 aromatic carbocycles. The molecule has 4 nitrogen and oxygen atoms in total. The maximum atomic E-state index is 14.5. The highest BCUT2D eigenvalue weighted by Crippen LogP contribution is 2.38. The second-order valence-electron chi connectivity index (χ2n) is 7.76. The molecule has 0 saturated carbocycles. The Balaban J connectivity index is 1.77. The van der Waals surface area contributed by atoms with E-state index in [1.165, 1.54) is 15.9 Å². The molecule has 30 heavy (non-hydrogen) atoms. The number of likely N-dealkylation sites (tertiary alicyclic amines) is 1. The van der Waals surface area contributed by atoms with Gasteiger partial charge in [0.15, 0.2) is 0 Å². The third kappa shape index (κ3) is 4.33. The molecule has 1 saturated heterocycles. The molecule has 1 aliphatic rings. The first-order chi connectivity index (χ1) is 14.2. The van der Waals surface area contributed by atoms with E-state index in [2.05, 4.69) is 5.32 Å². The van der Waals surface area contributed by atoms with Crippen molar-refractivity contribution < 1.29 is 22.7 Å². The number of benzene rings is 1. The number of aliphatic hydroxyl groups excluding tert-OH is 1. The second-order valence-corrected chi connectivity index (χ2v) is 8.68. The molecule has 0 spiro atoms. The van der Waals surface area contributed by atoms with Crippen molar-refractivity contribution in [2.75, 3.05) is 25.5 Å². The Morgan fingerprint density at radius 2 is 2.07 bits per heavy atom. The van der Waals surface area contributed by atoms with E-state index >= 15 is 0 Å². The first-order valence-corrected chi connectivity index (χ1v) is 10.6. The molecule has 2 atom stereocenters. The summed E-state index contributed by atoms with van der Waals surface area (Å²) >= 11 is 1.29. The summed E-state index contributed by atoms with van der Waals surface area (Å²) in [4.78, 5) is 2.57. The van der Waals surface area contributed by atoms with Gasteiger partial charge in [-0.25, -0.2) is 4.39 Å². The molecule has 2 aromatic heterocycles. The Morgan fingerprint density at radius 3 is 2.73 bits per heavy atom. The number of halogens is 4. The van der Waals surface area contributed by atoms with Crippen LogP contribution in [-0.4, -0.2) is 53.1 Å². The highest BCUT2D eigenvalue weighted by Gasteiger charge is 2.31. The number of hydrogen-bond donors (Lipinski definition) is 2. The monoisotopic (exact) mass is 441 g/mol. The molecule has 0 unspecified atom stereocenters. The van der Waals surface area contributed by atoms with Crippen LogP contribution in [0.25, 0.3) is 21.5 Å². The molecule has 0 amide bonds. The van der Waals surface area contributed by atoms with Gasteiger partial charge >= 0.3 is 6.18 Å². The lowest BCUT2D eigenvalue weighted by Crippen LogP contribution is -2.46. The summed E-state index contributed by atoms with van der Waals surface area (Å²) in [5.74, 6) is 0. The van der Waals surface area contributed by atoms with E-state index in [1.54, 1.807) is 35.7 Å². The fourth-order valence-corrected chi connectivity index (χ4v) is 4.91. The number of thiophene rings is 1. The zero-order valence-electron chi connectivity index (χ0n) is 16.4. The van der Waals surface area contributed by atoms with Gasteiger partial charge in [-0.2, -0.15) is 13.2 Å². The van der Waals surface area contributed by atoms with Gasteiger partial charge in [0, 0.05) is 24.2 Å². The fraction of sp³-hybridized carbons (Fsp3) is 0.429. The number of aromatic nitrogens is 1. The first-order valence-electron chi connectivity index (χ1n) is 9.72. The van der Waals surface area contributed by atoms with Gasteiger partial charge < -0.3 is 19.9 Å². The van der Waals surface area contributed by atoms with Crippen LogP contribution in [0.1, 0.15) is 12.0 Å². The van der Waals surface area contributed by atoms with Gasteiger partial charge in [-0.3, -0.25) is 0 Å². The summed E-state index contributed by atoms with van der Waals surface area (Å²) in [5.41, 5.74) is 2.16. The van der Waals surface area contributed by atoms with Crippen molar-refractivity contribution >= 4 is 27.9 Å². The van der Waals surface area contributed by atoms with Crippen molar-refractivity contribution in [2.45, 2.75) is 38.0 Å². The lowest BCUT2D eigenvalue weighted by atomic mass is 10.0. The predicted octanol–water partition coefficient (Wildman–Crippen LogP) is 4.88. The van der Waals surface area contributed by atoms with E-state index in [4.69, 9.17) is 0 Å². The van der Waals surface area contributed by atoms with Gasteiger partial charge in [-0.15, -0.1) is 11.3 Å². The maximum Gasteiger partial charge on any atom is 0.406 e. The minimum Gasteiger partial charge on any atom is -0.392 e. The molecule has 3 heterocycles. The van der Waals surface area contributed by atoms with E-state index in [9.17, 15) is 22.7 Å². The summed E-state index contributed by atoms with van der Waals surface area (Å²) < 4.78 is 55.8. The number of alkyl halides is 4. The van der Waals surface area contributed by atoms with E-state index in [-0.39, 0.29) is 12.6 Å². The van der Waals surface area contributed by atoms with Gasteiger partial charge in [0.25, 0.3) is 0 Å². The minimum absolute atomic E-state index is 0.170. The molecule has 1 fully saturated rings. The number of anilines is 1. The molecule has 0 aliphatic carbocycles. The van der Waals surface area contributed by atoms with Gasteiger partial charge in [-0.1, -0.05) is 6.07 Å². The third-order valence-electron chi connectivity index (χ3n) is 5.46. The number of nitrogens with one attached hydrogen (secondary N) is 1. The van der Waals surface area contributed by atoms with E-state index < -0.39 is 18.9 Å². The quantitative estimate of drug-likeness (QED) is 0.555. The average Bonchev–Trinajstić information content (AvgIpc) is 3.28. The van der Waals surface area contributed by atoms with Crippen molar-refractivity contribution in [3.05, 3.63) is 41.3 Å². The molecule has 4 rings (SSSR count). The normalized spacial score (nSPS) is 20.7. The van der Waals surface area contributed by atoms with E-state index in [0.717, 1.165) is 6.54 Å². The maximum absolute atomic E-state index is 14.5. The predicted molar refractivity (Wildman–Crippen MR) is 112 cm³/mol. The summed E-state index contributed by atoms with van der Waals surface area (Å²) in [6, 6.07) is 8.16. The molecule has 9 heteroatoms. The molecular weight excluding hydrogens is 418 g/mol. The van der Waals surface area contributed by atoms with Crippen molar-refractivity contribution in [2.24, 2.45) is 0 Å². The largest absolute Gasteiger partial charge is 0.406 e. The van der Waals surface area contributed by atoms with Crippen LogP contribution in [0.5, 0.6) is 0 Å². The van der Waals surface area contributed by atoms with Crippen LogP contribution in [0.15, 0.2) is 35.7 Å². The Bertz CT molecular complexity index is 1030. The fourth-order valence-electron chi connectivity index (χ4n) is 3.98. The van der Waals surface area contributed by atoms with Gasteiger partial charge in [0.1, 0.15) is 12.7 Å². The number of nitrogens with zero attached hydrogens (tertiary/aromatic N) is 2. The van der Waals surface area contributed by atoms with Crippen LogP contribution in [0.4, 0.5) is 23.2 Å². The first kappa shape index (κ1) is 21.1. The van der Waals surface area contributed by atoms with Crippen molar-refractivity contribution in [1.82, 2.24) is 9.47 Å². The lowest BCUT2D eigenvalue weighted by Gasteiger charge is -2.33. The SMILES string of the molecule is CN1CC[C@@H](Nc2cccc3c2cc(-c2cc(CO)cs2)n3CC(F)(F)F)[C@@H](F)C1. The number of rotatable bonds is 5. The van der Waals surface area contributed by atoms with Crippen LogP contribution < -0.4 is 5.32 Å². The van der Waals surface area contributed by atoms with E-state index in [1.807, 2.05) is 11.9 Å². The molecule has 0 bridgehead atoms. The molecular formula is C21H23F4N3OS. The number of piperidine rings is 1. The summed E-state index contributed by atoms with van der Waals surface area (Å²) in [6.07, 6.45) is -4.83. The minimum atomic E-state index is -4.39. The molecule has 1 aliphatic heterocycles. The highest BCUT2D eigenvalue weighted by molar-refractivity contribution is 7.13. The zero-order valence-corrected chi connectivity index (χ0v) is 17.2. The lowest BCUT2D eigenvalue weighted by molar-refractivity contribution is -0.139. The van der Waals surface area contributed by atoms with Gasteiger partial charge in [-0.05, 0) is 48.7 Å². The number of aliphatic hydroxyl groups is 1. The summed E-state index contributed by atoms with van der Waals surface area (Å²) in [6.45, 7) is -0.209. The van der Waals surface area contributed by atoms with Crippen molar-refractivity contribution in [3.63, 3.8) is 0 Å². The summed E-state index contributed by atoms with van der Waals surface area (Å²) in [7, 11) is 1.87. The van der Waals surface area contributed by atoms with Crippen LogP contribution in [0, 0.1) is 0 Å². The van der Waals surface area contributed by atoms with Crippen LogP contribution in [0.2, 0.25) is 0 Å². The molecule has 0 radical (unpaired) electrons. The number of hydrogen-bond acceptors (Lipinski definition) is 4. The smallest absolute Gasteiger partial charge is 0.392 e. The van der Waals surface area contributed by atoms with Crippen LogP contribution in [0.3, 0.4) is 0 Å². The van der Waals surface area contributed by atoms with Crippen LogP contribution >= 0.6 is 11.3 Å². The number of fused-ring (bicyclic) bond motifs is 1. The Morgan fingerprint density at radius 1 is 1.27 bits per heavy atom. The molecule has 2 N–H and O–H groups in total. The molecule has 3 aromatic rings. The highest BCUT2D eigenvalue weighted by atomic mass is 32.1. The Labute approximate surface area is 175 Å². The van der Waals surface area contributed by atoms with E-state index in [0.29, 0.717) is 45.7 Å². The average molecular weight is 441 g/mol. The zero-order chi connectivity index (χ0) is 21.5. The summed E-state index contributed by atoms with van der Waals surface area (Å²) in [5, 5.41) is 14.9. The second kappa shape index (κ2) is 8.20. The van der Waals surface area contributed by atoms with Gasteiger partial charge in [0.2, 0.25) is 0 Å². The Kier molecular flexibility index (Phi) is 5.78. The third-order valence-corrected chi connectivity index (χ3v) is 6.46. The topological polar surface area (TPSA) is 40.4 Å². The standard InChI is InChI=1S/C21H23F4N3OS/c1-27-6-5-17(15(22)9-27)26-16-3-2-4-18-14(16)8-19(28(18)12-21(23,24)25)20-7-13(10-29)11-30-20/h2-4,7-8,11,15,17,26,29H,5-6,9-10,12H2,1H3/t15-,17+/m0/s1. The van der Waals surface area contributed by atoms with Crippen LogP contribution in [-0.2, 0) is 13.2 Å². The van der Waals surface area contributed by atoms with Crippen molar-refractivity contribution in [1.29, 1.82) is 0 Å². The Hall–Kier alpha value is -2.10. The van der Waals surface area contributed by atoms with Crippen molar-refractivity contribution in [3.8, 4) is 10.6 Å². The van der Waals surface area contributed by atoms with Gasteiger partial charge in [0.05, 0.1) is 28.7 Å². The molecule has 162 valence electrons.